The highest BCUT2D eigenvalue weighted by Crippen LogP contribution is 2.25. The Morgan fingerprint density at radius 3 is 2.64 bits per heavy atom. The van der Waals surface area contributed by atoms with Crippen molar-refractivity contribution < 1.29 is 4.74 Å². The van der Waals surface area contributed by atoms with Crippen molar-refractivity contribution in [3.05, 3.63) is 64.1 Å². The van der Waals surface area contributed by atoms with Crippen molar-refractivity contribution in [3.8, 4) is 16.9 Å². The number of hydrogen-bond donors (Lipinski definition) is 1. The van der Waals surface area contributed by atoms with Crippen LogP contribution in [-0.2, 0) is 6.54 Å². The molecule has 0 atom stereocenters. The number of ether oxygens (including phenoxy) is 1. The number of methoxy groups -OCH3 is 1. The molecule has 0 radical (unpaired) electrons. The second-order valence-electron chi connectivity index (χ2n) is 4.74. The lowest BCUT2D eigenvalue weighted by molar-refractivity contribution is 0.415. The number of hydrogen-bond acceptors (Lipinski definition) is 4. The van der Waals surface area contributed by atoms with Gasteiger partial charge in [0.15, 0.2) is 4.47 Å². The average Bonchev–Trinajstić information content (AvgIpc) is 2.99. The van der Waals surface area contributed by atoms with E-state index in [4.69, 9.17) is 16.3 Å². The maximum absolute atomic E-state index is 5.84. The van der Waals surface area contributed by atoms with Crippen LogP contribution in [0.3, 0.4) is 0 Å². The largest absolute Gasteiger partial charge is 0.497 e. The van der Waals surface area contributed by atoms with E-state index in [1.54, 1.807) is 13.3 Å². The zero-order valence-electron chi connectivity index (χ0n) is 12.0. The normalized spacial score (nSPS) is 10.5. The molecule has 0 amide bonds. The molecule has 0 saturated heterocycles. The number of halogens is 1. The van der Waals surface area contributed by atoms with Gasteiger partial charge in [0.2, 0.25) is 0 Å². The molecule has 3 aromatic rings. The number of anilines is 1. The van der Waals surface area contributed by atoms with E-state index in [0.717, 1.165) is 34.0 Å². The van der Waals surface area contributed by atoms with Gasteiger partial charge in [-0.15, -0.1) is 11.3 Å². The Bertz CT molecular complexity index is 755. The van der Waals surface area contributed by atoms with E-state index >= 15 is 0 Å². The highest BCUT2D eigenvalue weighted by atomic mass is 35.5. The zero-order chi connectivity index (χ0) is 15.4. The number of nitrogens with one attached hydrogen (secondary N) is 1. The molecule has 0 unspecified atom stereocenters. The van der Waals surface area contributed by atoms with E-state index in [2.05, 4.69) is 40.6 Å². The number of benzene rings is 2. The number of nitrogens with zero attached hydrogens (tertiary/aromatic N) is 1. The second kappa shape index (κ2) is 6.81. The Labute approximate surface area is 138 Å². The molecule has 0 aliphatic carbocycles. The molecule has 1 N–H and O–H groups in total. The third kappa shape index (κ3) is 3.59. The van der Waals surface area contributed by atoms with Crippen molar-refractivity contribution in [2.75, 3.05) is 12.4 Å². The van der Waals surface area contributed by atoms with E-state index in [0.29, 0.717) is 4.47 Å². The Hall–Kier alpha value is -2.04. The minimum atomic E-state index is 0.573. The maximum Gasteiger partial charge on any atom is 0.183 e. The van der Waals surface area contributed by atoms with Crippen LogP contribution in [0.5, 0.6) is 5.75 Å². The van der Waals surface area contributed by atoms with Gasteiger partial charge in [0.25, 0.3) is 0 Å². The van der Waals surface area contributed by atoms with Crippen LogP contribution in [0.2, 0.25) is 4.47 Å². The zero-order valence-corrected chi connectivity index (χ0v) is 13.6. The molecule has 0 aliphatic rings. The van der Waals surface area contributed by atoms with Gasteiger partial charge in [0.1, 0.15) is 5.75 Å². The number of aromatic nitrogens is 1. The molecule has 0 fully saturated rings. The predicted octanol–water partition coefficient (Wildman–Crippen LogP) is 5.08. The topological polar surface area (TPSA) is 34.1 Å². The maximum atomic E-state index is 5.84. The molecular weight excluding hydrogens is 316 g/mol. The Morgan fingerprint density at radius 1 is 1.14 bits per heavy atom. The van der Waals surface area contributed by atoms with Crippen LogP contribution in [0.4, 0.5) is 5.69 Å². The minimum Gasteiger partial charge on any atom is -0.497 e. The van der Waals surface area contributed by atoms with Gasteiger partial charge in [-0.25, -0.2) is 4.98 Å². The van der Waals surface area contributed by atoms with Gasteiger partial charge in [0, 0.05) is 16.8 Å². The molecule has 1 aromatic heterocycles. The Kier molecular flexibility index (Phi) is 4.61. The fourth-order valence-electron chi connectivity index (χ4n) is 2.15. The van der Waals surface area contributed by atoms with Crippen molar-refractivity contribution in [2.45, 2.75) is 6.54 Å². The lowest BCUT2D eigenvalue weighted by Gasteiger charge is -2.08. The lowest BCUT2D eigenvalue weighted by atomic mass is 10.1. The van der Waals surface area contributed by atoms with Crippen molar-refractivity contribution in [1.82, 2.24) is 4.98 Å². The van der Waals surface area contributed by atoms with Gasteiger partial charge in [-0.1, -0.05) is 35.9 Å². The lowest BCUT2D eigenvalue weighted by Crippen LogP contribution is -1.97. The average molecular weight is 331 g/mol. The summed E-state index contributed by atoms with van der Waals surface area (Å²) in [6.45, 7) is 0.719. The summed E-state index contributed by atoms with van der Waals surface area (Å²) >= 11 is 7.33. The molecule has 0 aliphatic heterocycles. The molecule has 22 heavy (non-hydrogen) atoms. The monoisotopic (exact) mass is 330 g/mol. The smallest absolute Gasteiger partial charge is 0.183 e. The van der Waals surface area contributed by atoms with Crippen molar-refractivity contribution in [2.24, 2.45) is 0 Å². The van der Waals surface area contributed by atoms with Gasteiger partial charge < -0.3 is 10.1 Å². The van der Waals surface area contributed by atoms with Crippen LogP contribution in [-0.4, -0.2) is 12.1 Å². The van der Waals surface area contributed by atoms with Crippen LogP contribution in [0, 0.1) is 0 Å². The molecule has 3 rings (SSSR count). The number of rotatable bonds is 5. The van der Waals surface area contributed by atoms with Gasteiger partial charge in [-0.3, -0.25) is 0 Å². The van der Waals surface area contributed by atoms with Crippen molar-refractivity contribution in [1.29, 1.82) is 0 Å². The summed E-state index contributed by atoms with van der Waals surface area (Å²) in [4.78, 5) is 5.15. The third-order valence-electron chi connectivity index (χ3n) is 3.28. The van der Waals surface area contributed by atoms with E-state index in [1.807, 2.05) is 18.2 Å². The first-order chi connectivity index (χ1) is 10.7. The van der Waals surface area contributed by atoms with Crippen molar-refractivity contribution >= 4 is 28.6 Å². The summed E-state index contributed by atoms with van der Waals surface area (Å²) < 4.78 is 5.76. The van der Waals surface area contributed by atoms with Crippen LogP contribution in [0.25, 0.3) is 11.1 Å². The molecule has 0 bridgehead atoms. The van der Waals surface area contributed by atoms with Gasteiger partial charge >= 0.3 is 0 Å². The quantitative estimate of drug-likeness (QED) is 0.708. The molecule has 2 aromatic carbocycles. The summed E-state index contributed by atoms with van der Waals surface area (Å²) in [5.41, 5.74) is 3.39. The first-order valence-electron chi connectivity index (χ1n) is 6.83. The first kappa shape index (κ1) is 14.9. The van der Waals surface area contributed by atoms with Crippen molar-refractivity contribution in [3.63, 3.8) is 0 Å². The minimum absolute atomic E-state index is 0.573. The summed E-state index contributed by atoms with van der Waals surface area (Å²) in [6, 6.07) is 16.4. The third-order valence-corrected chi connectivity index (χ3v) is 4.39. The highest BCUT2D eigenvalue weighted by molar-refractivity contribution is 7.15. The fourth-order valence-corrected chi connectivity index (χ4v) is 3.06. The summed E-state index contributed by atoms with van der Waals surface area (Å²) in [6.07, 6.45) is 1.80. The SMILES string of the molecule is COc1ccc(-c2cccc(NCc3cnc(Cl)s3)c2)cc1. The predicted molar refractivity (Wildman–Crippen MR) is 92.9 cm³/mol. The summed E-state index contributed by atoms with van der Waals surface area (Å²) in [5, 5.41) is 3.39. The summed E-state index contributed by atoms with van der Waals surface area (Å²) in [5.74, 6) is 0.861. The van der Waals surface area contributed by atoms with E-state index in [9.17, 15) is 0 Å². The van der Waals surface area contributed by atoms with Gasteiger partial charge in [-0.05, 0) is 35.4 Å². The molecule has 0 spiro atoms. The summed E-state index contributed by atoms with van der Waals surface area (Å²) in [7, 11) is 1.67. The van der Waals surface area contributed by atoms with E-state index in [-0.39, 0.29) is 0 Å². The van der Waals surface area contributed by atoms with Crippen LogP contribution in [0.1, 0.15) is 4.88 Å². The van der Waals surface area contributed by atoms with Crippen LogP contribution >= 0.6 is 22.9 Å². The molecule has 3 nitrogen and oxygen atoms in total. The van der Waals surface area contributed by atoms with Crippen LogP contribution in [0.15, 0.2) is 54.7 Å². The Balaban J connectivity index is 1.73. The molecule has 5 heteroatoms. The molecule has 1 heterocycles. The molecule has 112 valence electrons. The van der Waals surface area contributed by atoms with E-state index in [1.165, 1.54) is 11.3 Å². The standard InChI is InChI=1S/C17H15ClN2OS/c1-21-15-7-5-12(6-8-15)13-3-2-4-14(9-13)19-10-16-11-20-17(18)22-16/h2-9,11,19H,10H2,1H3. The first-order valence-corrected chi connectivity index (χ1v) is 8.02. The van der Waals surface area contributed by atoms with Crippen LogP contribution < -0.4 is 10.1 Å². The fraction of sp³-hybridized carbons (Fsp3) is 0.118. The van der Waals surface area contributed by atoms with Gasteiger partial charge in [-0.2, -0.15) is 0 Å². The van der Waals surface area contributed by atoms with Gasteiger partial charge in [0.05, 0.1) is 13.7 Å². The molecule has 0 saturated carbocycles. The second-order valence-corrected chi connectivity index (χ2v) is 6.44. The molecular formula is C17H15ClN2OS. The highest BCUT2D eigenvalue weighted by Gasteiger charge is 2.02. The Morgan fingerprint density at radius 2 is 1.95 bits per heavy atom. The van der Waals surface area contributed by atoms with E-state index < -0.39 is 0 Å². The number of thiazole rings is 1.